The molecule has 1 aliphatic rings. The zero-order valence-corrected chi connectivity index (χ0v) is 13.8. The van der Waals surface area contributed by atoms with Gasteiger partial charge in [-0.1, -0.05) is 38.1 Å². The average Bonchev–Trinajstić information content (AvgIpc) is 2.76. The van der Waals surface area contributed by atoms with Crippen molar-refractivity contribution in [1.82, 2.24) is 5.32 Å². The predicted octanol–water partition coefficient (Wildman–Crippen LogP) is 5.26. The van der Waals surface area contributed by atoms with Gasteiger partial charge < -0.3 is 10.4 Å². The number of rotatable bonds is 2. The Labute approximate surface area is 143 Å². The van der Waals surface area contributed by atoms with Crippen molar-refractivity contribution in [1.29, 1.82) is 0 Å². The molecule has 0 saturated heterocycles. The first-order chi connectivity index (χ1) is 11.6. The van der Waals surface area contributed by atoms with Gasteiger partial charge in [0, 0.05) is 0 Å². The van der Waals surface area contributed by atoms with Gasteiger partial charge in [-0.15, -0.1) is 0 Å². The molecule has 1 aliphatic carbocycles. The molecule has 3 nitrogen and oxygen atoms in total. The van der Waals surface area contributed by atoms with Crippen molar-refractivity contribution >= 4 is 6.09 Å². The van der Waals surface area contributed by atoms with Crippen molar-refractivity contribution in [2.45, 2.75) is 32.5 Å². The highest BCUT2D eigenvalue weighted by Crippen LogP contribution is 2.46. The van der Waals surface area contributed by atoms with Gasteiger partial charge in [-0.2, -0.15) is 13.2 Å². The van der Waals surface area contributed by atoms with Gasteiger partial charge in [0.2, 0.25) is 0 Å². The largest absolute Gasteiger partial charge is 0.465 e. The van der Waals surface area contributed by atoms with E-state index in [0.717, 1.165) is 23.3 Å². The molecule has 0 bridgehead atoms. The quantitative estimate of drug-likeness (QED) is 0.777. The molecule has 0 saturated carbocycles. The summed E-state index contributed by atoms with van der Waals surface area (Å²) >= 11 is 0. The third kappa shape index (κ3) is 3.34. The summed E-state index contributed by atoms with van der Waals surface area (Å²) in [6, 6.07) is 10.2. The topological polar surface area (TPSA) is 49.3 Å². The summed E-state index contributed by atoms with van der Waals surface area (Å²) in [5.41, 5.74) is 1.93. The van der Waals surface area contributed by atoms with Gasteiger partial charge in [0.25, 0.3) is 0 Å². The molecule has 3 rings (SSSR count). The van der Waals surface area contributed by atoms with Gasteiger partial charge in [-0.3, -0.25) is 0 Å². The van der Waals surface area contributed by atoms with Crippen LogP contribution in [0.15, 0.2) is 42.5 Å². The molecule has 0 spiro atoms. The Morgan fingerprint density at radius 1 is 1.16 bits per heavy atom. The number of alkyl halides is 3. The van der Waals surface area contributed by atoms with Crippen LogP contribution in [0.3, 0.4) is 0 Å². The van der Waals surface area contributed by atoms with Crippen LogP contribution in [-0.4, -0.2) is 11.2 Å². The van der Waals surface area contributed by atoms with Crippen molar-refractivity contribution in [3.05, 3.63) is 59.2 Å². The van der Waals surface area contributed by atoms with Gasteiger partial charge >= 0.3 is 12.3 Å². The highest BCUT2D eigenvalue weighted by atomic mass is 19.4. The minimum absolute atomic E-state index is 0.298. The lowest BCUT2D eigenvalue weighted by Crippen LogP contribution is -2.34. The smallest absolute Gasteiger partial charge is 0.416 e. The van der Waals surface area contributed by atoms with Crippen LogP contribution in [0.2, 0.25) is 0 Å². The summed E-state index contributed by atoms with van der Waals surface area (Å²) in [6.45, 7) is 3.94. The lowest BCUT2D eigenvalue weighted by molar-refractivity contribution is -0.137. The van der Waals surface area contributed by atoms with Crippen molar-refractivity contribution in [2.24, 2.45) is 5.41 Å². The van der Waals surface area contributed by atoms with E-state index in [2.05, 4.69) is 5.32 Å². The number of hydrogen-bond acceptors (Lipinski definition) is 1. The maximum absolute atomic E-state index is 12.9. The van der Waals surface area contributed by atoms with Crippen LogP contribution in [0.25, 0.3) is 11.1 Å². The van der Waals surface area contributed by atoms with Gasteiger partial charge in [-0.05, 0) is 52.3 Å². The fourth-order valence-electron chi connectivity index (χ4n) is 3.49. The van der Waals surface area contributed by atoms with E-state index in [0.29, 0.717) is 17.5 Å². The Hall–Kier alpha value is -2.50. The van der Waals surface area contributed by atoms with E-state index in [4.69, 9.17) is 5.11 Å². The van der Waals surface area contributed by atoms with E-state index in [1.165, 1.54) is 6.07 Å². The lowest BCUT2D eigenvalue weighted by atomic mass is 9.85. The number of hydrogen-bond donors (Lipinski definition) is 2. The van der Waals surface area contributed by atoms with E-state index in [1.54, 1.807) is 18.2 Å². The number of halogens is 3. The van der Waals surface area contributed by atoms with Gasteiger partial charge in [0.15, 0.2) is 0 Å². The van der Waals surface area contributed by atoms with Crippen LogP contribution in [0.1, 0.15) is 36.6 Å². The molecule has 132 valence electrons. The average molecular weight is 349 g/mol. The van der Waals surface area contributed by atoms with E-state index >= 15 is 0 Å². The predicted molar refractivity (Wildman–Crippen MR) is 88.3 cm³/mol. The van der Waals surface area contributed by atoms with Crippen molar-refractivity contribution in [3.8, 4) is 11.1 Å². The monoisotopic (exact) mass is 349 g/mol. The summed E-state index contributed by atoms with van der Waals surface area (Å²) in [5.74, 6) is 0. The zero-order chi connectivity index (χ0) is 18.4. The van der Waals surface area contributed by atoms with Crippen LogP contribution in [0.4, 0.5) is 18.0 Å². The summed E-state index contributed by atoms with van der Waals surface area (Å²) < 4.78 is 38.8. The summed E-state index contributed by atoms with van der Waals surface area (Å²) in [6.07, 6.45) is -4.81. The second kappa shape index (κ2) is 5.79. The Bertz CT molecular complexity index is 828. The third-order valence-electron chi connectivity index (χ3n) is 4.68. The SMILES string of the molecule is CC1(C)Cc2ccc(-c3cccc(C(F)(F)F)c3)cc2C1NC(=O)O. The molecule has 2 aromatic carbocycles. The molecule has 1 amide bonds. The number of benzene rings is 2. The fraction of sp³-hybridized carbons (Fsp3) is 0.316. The van der Waals surface area contributed by atoms with E-state index in [-0.39, 0.29) is 5.41 Å². The molecule has 1 unspecified atom stereocenters. The number of carbonyl (C=O) groups is 1. The van der Waals surface area contributed by atoms with Crippen molar-refractivity contribution < 1.29 is 23.1 Å². The molecule has 0 fully saturated rings. The van der Waals surface area contributed by atoms with Crippen LogP contribution in [0.5, 0.6) is 0 Å². The Balaban J connectivity index is 2.04. The first-order valence-electron chi connectivity index (χ1n) is 7.88. The second-order valence-electron chi connectivity index (χ2n) is 7.04. The van der Waals surface area contributed by atoms with Crippen molar-refractivity contribution in [2.75, 3.05) is 0 Å². The minimum Gasteiger partial charge on any atom is -0.465 e. The van der Waals surface area contributed by atoms with E-state index in [1.807, 2.05) is 19.9 Å². The molecule has 25 heavy (non-hydrogen) atoms. The molecule has 0 aromatic heterocycles. The molecule has 1 atom stereocenters. The van der Waals surface area contributed by atoms with Gasteiger partial charge in [0.1, 0.15) is 0 Å². The number of fused-ring (bicyclic) bond motifs is 1. The van der Waals surface area contributed by atoms with Crippen molar-refractivity contribution in [3.63, 3.8) is 0 Å². The van der Waals surface area contributed by atoms with E-state index < -0.39 is 23.9 Å². The number of nitrogens with one attached hydrogen (secondary N) is 1. The molecule has 0 heterocycles. The summed E-state index contributed by atoms with van der Waals surface area (Å²) in [7, 11) is 0. The minimum atomic E-state index is -4.40. The Morgan fingerprint density at radius 3 is 2.48 bits per heavy atom. The zero-order valence-electron chi connectivity index (χ0n) is 13.8. The van der Waals surface area contributed by atoms with Gasteiger partial charge in [-0.25, -0.2) is 4.79 Å². The normalized spacial score (nSPS) is 18.7. The first-order valence-corrected chi connectivity index (χ1v) is 7.88. The molecule has 6 heteroatoms. The first kappa shape index (κ1) is 17.3. The van der Waals surface area contributed by atoms with Crippen LogP contribution in [-0.2, 0) is 12.6 Å². The highest BCUT2D eigenvalue weighted by molar-refractivity contribution is 5.69. The second-order valence-corrected chi connectivity index (χ2v) is 7.04. The summed E-state index contributed by atoms with van der Waals surface area (Å²) in [5, 5.41) is 11.6. The van der Waals surface area contributed by atoms with Crippen LogP contribution < -0.4 is 5.32 Å². The Morgan fingerprint density at radius 2 is 1.84 bits per heavy atom. The number of amides is 1. The van der Waals surface area contributed by atoms with Crippen LogP contribution in [0, 0.1) is 5.41 Å². The molecule has 0 aliphatic heterocycles. The summed E-state index contributed by atoms with van der Waals surface area (Å²) in [4.78, 5) is 11.1. The van der Waals surface area contributed by atoms with Crippen LogP contribution >= 0.6 is 0 Å². The molecular weight excluding hydrogens is 331 g/mol. The highest BCUT2D eigenvalue weighted by Gasteiger charge is 2.40. The third-order valence-corrected chi connectivity index (χ3v) is 4.68. The Kier molecular flexibility index (Phi) is 4.01. The molecule has 2 N–H and O–H groups in total. The van der Waals surface area contributed by atoms with E-state index in [9.17, 15) is 18.0 Å². The maximum atomic E-state index is 12.9. The number of carboxylic acid groups (broad SMARTS) is 1. The lowest BCUT2D eigenvalue weighted by Gasteiger charge is -2.27. The standard InChI is InChI=1S/C19H18F3NO2/c1-18(2)10-13-7-6-12(9-15(13)16(18)23-17(24)25)11-4-3-5-14(8-11)19(20,21)22/h3-9,16,23H,10H2,1-2H3,(H,24,25). The molecule has 0 radical (unpaired) electrons. The van der Waals surface area contributed by atoms with Gasteiger partial charge in [0.05, 0.1) is 11.6 Å². The maximum Gasteiger partial charge on any atom is 0.416 e. The molecule has 2 aromatic rings. The fourth-order valence-corrected chi connectivity index (χ4v) is 3.49. The molecular formula is C19H18F3NO2.